The van der Waals surface area contributed by atoms with Crippen molar-refractivity contribution in [3.8, 4) is 0 Å². The van der Waals surface area contributed by atoms with E-state index in [-0.39, 0.29) is 11.1 Å². The molecule has 3 heterocycles. The molecule has 3 rings (SSSR count). The molecule has 0 atom stereocenters. The highest BCUT2D eigenvalue weighted by Gasteiger charge is 2.41. The lowest BCUT2D eigenvalue weighted by Crippen LogP contribution is -2.62. The molecule has 0 aliphatic carbocycles. The van der Waals surface area contributed by atoms with Crippen molar-refractivity contribution in [1.82, 2.24) is 10.2 Å². The van der Waals surface area contributed by atoms with Gasteiger partial charge in [-0.3, -0.25) is 4.99 Å². The Morgan fingerprint density at radius 3 is 2.57 bits per heavy atom. The van der Waals surface area contributed by atoms with Gasteiger partial charge in [-0.1, -0.05) is 17.8 Å². The van der Waals surface area contributed by atoms with E-state index in [1.807, 2.05) is 23.1 Å². The number of nitrogens with one attached hydrogen (secondary N) is 1. The van der Waals surface area contributed by atoms with E-state index in [0.29, 0.717) is 6.04 Å². The maximum Gasteiger partial charge on any atom is 0.159 e. The van der Waals surface area contributed by atoms with Gasteiger partial charge in [-0.15, -0.1) is 11.3 Å². The Kier molecular flexibility index (Phi) is 5.09. The zero-order valence-corrected chi connectivity index (χ0v) is 16.4. The van der Waals surface area contributed by atoms with Gasteiger partial charge in [-0.2, -0.15) is 0 Å². The molecular weight excluding hydrogens is 322 g/mol. The largest absolute Gasteiger partial charge is 0.343 e. The quantitative estimate of drug-likeness (QED) is 0.877. The average Bonchev–Trinajstić information content (AvgIpc) is 2.95. The van der Waals surface area contributed by atoms with E-state index in [1.54, 1.807) is 0 Å². The Bertz CT molecular complexity index is 533. The first-order valence-corrected chi connectivity index (χ1v) is 10.5. The van der Waals surface area contributed by atoms with E-state index >= 15 is 0 Å². The van der Waals surface area contributed by atoms with Crippen LogP contribution in [0.3, 0.4) is 0 Å². The first-order chi connectivity index (χ1) is 10.8. The van der Waals surface area contributed by atoms with Crippen LogP contribution in [0.1, 0.15) is 51.8 Å². The lowest BCUT2D eigenvalue weighted by Gasteiger charge is -2.50. The first-order valence-electron chi connectivity index (χ1n) is 8.60. The monoisotopic (exact) mass is 351 g/mol. The molecule has 1 saturated heterocycles. The number of hydrogen-bond donors (Lipinski definition) is 1. The molecule has 1 aromatic rings. The fraction of sp³-hybridized carbons (Fsp3) is 0.722. The third kappa shape index (κ3) is 4.52. The van der Waals surface area contributed by atoms with Crippen LogP contribution in [-0.4, -0.2) is 39.5 Å². The van der Waals surface area contributed by atoms with Crippen LogP contribution in [0.4, 0.5) is 0 Å². The Morgan fingerprint density at radius 1 is 1.26 bits per heavy atom. The van der Waals surface area contributed by atoms with Crippen molar-refractivity contribution in [3.05, 3.63) is 22.4 Å². The van der Waals surface area contributed by atoms with E-state index < -0.39 is 0 Å². The van der Waals surface area contributed by atoms with Gasteiger partial charge >= 0.3 is 0 Å². The summed E-state index contributed by atoms with van der Waals surface area (Å²) >= 11 is 3.80. The van der Waals surface area contributed by atoms with Crippen LogP contribution in [0.15, 0.2) is 22.5 Å². The summed E-state index contributed by atoms with van der Waals surface area (Å²) in [6.07, 6.45) is 3.55. The molecule has 0 unspecified atom stereocenters. The van der Waals surface area contributed by atoms with Crippen LogP contribution >= 0.6 is 23.1 Å². The number of amidine groups is 1. The number of piperidine rings is 1. The highest BCUT2D eigenvalue weighted by atomic mass is 32.2. The maximum absolute atomic E-state index is 4.87. The molecule has 2 aliphatic heterocycles. The molecule has 0 aromatic carbocycles. The second-order valence-electron chi connectivity index (χ2n) is 8.03. The molecule has 5 heteroatoms. The van der Waals surface area contributed by atoms with Crippen LogP contribution < -0.4 is 5.32 Å². The van der Waals surface area contributed by atoms with Crippen LogP contribution in [0.5, 0.6) is 0 Å². The molecule has 0 bridgehead atoms. The smallest absolute Gasteiger partial charge is 0.159 e. The normalized spacial score (nSPS) is 24.3. The second-order valence-corrected chi connectivity index (χ2v) is 10.1. The molecule has 0 saturated carbocycles. The van der Waals surface area contributed by atoms with Gasteiger partial charge < -0.3 is 10.2 Å². The summed E-state index contributed by atoms with van der Waals surface area (Å²) in [5.41, 5.74) is 0.333. The topological polar surface area (TPSA) is 27.6 Å². The third-order valence-corrected chi connectivity index (χ3v) is 6.52. The van der Waals surface area contributed by atoms with Crippen molar-refractivity contribution in [1.29, 1.82) is 0 Å². The van der Waals surface area contributed by atoms with Gasteiger partial charge in [0.05, 0.1) is 6.54 Å². The summed E-state index contributed by atoms with van der Waals surface area (Å²) in [5, 5.41) is 7.25. The van der Waals surface area contributed by atoms with Crippen molar-refractivity contribution in [2.24, 2.45) is 4.99 Å². The molecule has 2 aliphatic rings. The number of hydrogen-bond acceptors (Lipinski definition) is 5. The number of nitrogens with zero attached hydrogens (tertiary/aromatic N) is 2. The van der Waals surface area contributed by atoms with E-state index in [9.17, 15) is 0 Å². The van der Waals surface area contributed by atoms with Gasteiger partial charge in [0.1, 0.15) is 0 Å². The summed E-state index contributed by atoms with van der Waals surface area (Å²) < 4.78 is 0. The van der Waals surface area contributed by atoms with Gasteiger partial charge in [0, 0.05) is 34.3 Å². The molecule has 3 nitrogen and oxygen atoms in total. The van der Waals surface area contributed by atoms with E-state index in [1.165, 1.54) is 35.1 Å². The van der Waals surface area contributed by atoms with Gasteiger partial charge in [0.15, 0.2) is 5.17 Å². The Balaban J connectivity index is 1.86. The molecule has 1 N–H and O–H groups in total. The molecule has 128 valence electrons. The molecule has 0 amide bonds. The van der Waals surface area contributed by atoms with Crippen molar-refractivity contribution < 1.29 is 0 Å². The zero-order valence-electron chi connectivity index (χ0n) is 14.8. The molecule has 23 heavy (non-hydrogen) atoms. The molecule has 0 spiro atoms. The standard InChI is InChI=1S/C18H29N3S2/c1-17(2)11-14(12-18(3,4)20-17)21(13-15-7-5-9-22-15)16-19-8-6-10-23-16/h5,7,9,14,20H,6,8,10-13H2,1-4H3. The van der Waals surface area contributed by atoms with Crippen LogP contribution in [0.2, 0.25) is 0 Å². The molecule has 1 fully saturated rings. The third-order valence-electron chi connectivity index (χ3n) is 4.54. The van der Waals surface area contributed by atoms with Gasteiger partial charge in [0.25, 0.3) is 0 Å². The van der Waals surface area contributed by atoms with Crippen LogP contribution in [0.25, 0.3) is 0 Å². The average molecular weight is 352 g/mol. The van der Waals surface area contributed by atoms with E-state index in [4.69, 9.17) is 4.99 Å². The molecule has 1 aromatic heterocycles. The van der Waals surface area contributed by atoms with Crippen LogP contribution in [0, 0.1) is 0 Å². The number of rotatable bonds is 3. The summed E-state index contributed by atoms with van der Waals surface area (Å²) in [4.78, 5) is 8.91. The number of thioether (sulfide) groups is 1. The Morgan fingerprint density at radius 2 is 2.00 bits per heavy atom. The fourth-order valence-corrected chi connectivity index (χ4v) is 5.75. The SMILES string of the molecule is CC1(C)CC(N(Cc2cccs2)C2=NCCCS2)CC(C)(C)N1. The highest BCUT2D eigenvalue weighted by Crippen LogP contribution is 2.34. The highest BCUT2D eigenvalue weighted by molar-refractivity contribution is 8.13. The predicted molar refractivity (Wildman–Crippen MR) is 104 cm³/mol. The van der Waals surface area contributed by atoms with Gasteiger partial charge in [0.2, 0.25) is 0 Å². The summed E-state index contributed by atoms with van der Waals surface area (Å²) in [7, 11) is 0. The minimum Gasteiger partial charge on any atom is -0.343 e. The van der Waals surface area contributed by atoms with E-state index in [0.717, 1.165) is 13.1 Å². The Hall–Kier alpha value is -0.520. The number of thiophene rings is 1. The minimum absolute atomic E-state index is 0.167. The minimum atomic E-state index is 0.167. The van der Waals surface area contributed by atoms with Gasteiger partial charge in [-0.05, 0) is 58.4 Å². The lowest BCUT2D eigenvalue weighted by atomic mass is 9.79. The zero-order chi connectivity index (χ0) is 16.5. The maximum atomic E-state index is 4.87. The molecule has 0 radical (unpaired) electrons. The van der Waals surface area contributed by atoms with Crippen molar-refractivity contribution in [2.45, 2.75) is 70.6 Å². The van der Waals surface area contributed by atoms with Crippen molar-refractivity contribution in [2.75, 3.05) is 12.3 Å². The number of aliphatic imine (C=N–C) groups is 1. The summed E-state index contributed by atoms with van der Waals surface area (Å²) in [6, 6.07) is 4.96. The van der Waals surface area contributed by atoms with E-state index in [2.05, 4.69) is 55.4 Å². The molecular formula is C18H29N3S2. The Labute approximate surface area is 148 Å². The predicted octanol–water partition coefficient (Wildman–Crippen LogP) is 4.35. The summed E-state index contributed by atoms with van der Waals surface area (Å²) in [6.45, 7) is 11.3. The lowest BCUT2D eigenvalue weighted by molar-refractivity contribution is 0.102. The first kappa shape index (κ1) is 17.3. The fourth-order valence-electron chi connectivity index (χ4n) is 4.03. The second kappa shape index (κ2) is 6.77. The van der Waals surface area contributed by atoms with Crippen molar-refractivity contribution >= 4 is 28.3 Å². The van der Waals surface area contributed by atoms with Crippen LogP contribution in [-0.2, 0) is 6.54 Å². The van der Waals surface area contributed by atoms with Gasteiger partial charge in [-0.25, -0.2) is 0 Å². The summed E-state index contributed by atoms with van der Waals surface area (Å²) in [5.74, 6) is 1.21. The van der Waals surface area contributed by atoms with Crippen molar-refractivity contribution in [3.63, 3.8) is 0 Å².